The van der Waals surface area contributed by atoms with Crippen molar-refractivity contribution in [2.24, 2.45) is 40.4 Å². The fourth-order valence-electron chi connectivity index (χ4n) is 11.8. The summed E-state index contributed by atoms with van der Waals surface area (Å²) in [6.07, 6.45) is -9.60. The van der Waals surface area contributed by atoms with Crippen molar-refractivity contribution in [3.8, 4) is 0 Å². The van der Waals surface area contributed by atoms with E-state index in [0.717, 1.165) is 31.3 Å². The van der Waals surface area contributed by atoms with Crippen molar-refractivity contribution < 1.29 is 59.8 Å². The van der Waals surface area contributed by atoms with Crippen molar-refractivity contribution >= 4 is 0 Å². The van der Waals surface area contributed by atoms with Crippen LogP contribution in [0.5, 0.6) is 0 Å². The maximum Gasteiger partial charge on any atom is 0.187 e. The molecule has 3 aliphatic heterocycles. The second kappa shape index (κ2) is 10.9. The highest BCUT2D eigenvalue weighted by molar-refractivity contribution is 5.24. The molecule has 0 aromatic heterocycles. The standard InChI is InChI=1S/C33H52O12/c1-14-5-10-33(42-13-14)15(2)21-19(44-33)11-18-16-6-9-32(45-29-26(39)23(36)22(35)20(12-34)43-29)28(41)25(38)24(37)27(40)31(32,4)17(16)7-8-30(18,21)3/h15-29,34-41H,1,5-13H2,2-4H3. The molecule has 0 bridgehead atoms. The summed E-state index contributed by atoms with van der Waals surface area (Å²) < 4.78 is 25.3. The molecule has 0 aromatic carbocycles. The molecule has 256 valence electrons. The van der Waals surface area contributed by atoms with E-state index in [4.69, 9.17) is 18.9 Å². The van der Waals surface area contributed by atoms with Crippen molar-refractivity contribution in [1.29, 1.82) is 0 Å². The van der Waals surface area contributed by atoms with Crippen LogP contribution in [0.1, 0.15) is 65.7 Å². The van der Waals surface area contributed by atoms with E-state index in [0.29, 0.717) is 19.4 Å². The van der Waals surface area contributed by atoms with Crippen molar-refractivity contribution in [1.82, 2.24) is 0 Å². The highest BCUT2D eigenvalue weighted by atomic mass is 16.7. The first-order chi connectivity index (χ1) is 21.2. The molecule has 0 amide bonds. The molecule has 7 rings (SSSR count). The van der Waals surface area contributed by atoms with Gasteiger partial charge in [0.2, 0.25) is 0 Å². The zero-order chi connectivity index (χ0) is 32.4. The SMILES string of the molecule is C=C1CCC2(OC1)OC1CC3C4CCC5(OC6OC(CO)C(O)C(O)C6O)C(O)C(O)C(O)C(O)C5(C)C4CCC3(C)C1C2C. The predicted octanol–water partition coefficient (Wildman–Crippen LogP) is -0.435. The number of aliphatic hydroxyl groups is 8. The second-order valence-corrected chi connectivity index (χ2v) is 15.9. The van der Waals surface area contributed by atoms with E-state index in [9.17, 15) is 40.9 Å². The topological polar surface area (TPSA) is 199 Å². The van der Waals surface area contributed by atoms with Gasteiger partial charge in [-0.15, -0.1) is 0 Å². The number of hydrogen-bond donors (Lipinski definition) is 8. The van der Waals surface area contributed by atoms with Gasteiger partial charge in [0.1, 0.15) is 48.3 Å². The average Bonchev–Trinajstić information content (AvgIpc) is 3.47. The summed E-state index contributed by atoms with van der Waals surface area (Å²) in [4.78, 5) is 0. The van der Waals surface area contributed by atoms with Crippen molar-refractivity contribution in [2.45, 2.75) is 138 Å². The Balaban J connectivity index is 1.21. The van der Waals surface area contributed by atoms with E-state index < -0.39 is 78.5 Å². The molecular weight excluding hydrogens is 588 g/mol. The van der Waals surface area contributed by atoms with Crippen LogP contribution in [-0.2, 0) is 18.9 Å². The minimum atomic E-state index is -1.74. The summed E-state index contributed by atoms with van der Waals surface area (Å²) in [5.41, 5.74) is -1.96. The van der Waals surface area contributed by atoms with E-state index in [-0.39, 0.29) is 47.5 Å². The highest BCUT2D eigenvalue weighted by Gasteiger charge is 2.76. The molecule has 12 heteroatoms. The third-order valence-electron chi connectivity index (χ3n) is 14.2. The van der Waals surface area contributed by atoms with Gasteiger partial charge in [-0.25, -0.2) is 0 Å². The monoisotopic (exact) mass is 640 g/mol. The fraction of sp³-hybridized carbons (Fsp3) is 0.939. The van der Waals surface area contributed by atoms with Crippen molar-refractivity contribution in [2.75, 3.05) is 13.2 Å². The molecule has 7 aliphatic rings. The van der Waals surface area contributed by atoms with Crippen LogP contribution in [-0.4, -0.2) is 127 Å². The summed E-state index contributed by atoms with van der Waals surface area (Å²) >= 11 is 0. The Morgan fingerprint density at radius 1 is 0.867 bits per heavy atom. The van der Waals surface area contributed by atoms with Crippen molar-refractivity contribution in [3.05, 3.63) is 12.2 Å². The Morgan fingerprint density at radius 2 is 1.58 bits per heavy atom. The van der Waals surface area contributed by atoms with E-state index in [1.807, 2.05) is 0 Å². The molecule has 1 spiro atoms. The Bertz CT molecular complexity index is 1160. The van der Waals surface area contributed by atoms with Gasteiger partial charge in [0, 0.05) is 17.8 Å². The van der Waals surface area contributed by atoms with Crippen LogP contribution in [0.3, 0.4) is 0 Å². The van der Waals surface area contributed by atoms with Gasteiger partial charge in [0.15, 0.2) is 12.1 Å². The Labute approximate surface area is 263 Å². The van der Waals surface area contributed by atoms with E-state index in [2.05, 4.69) is 20.4 Å². The molecule has 0 aromatic rings. The van der Waals surface area contributed by atoms with Crippen LogP contribution in [0.25, 0.3) is 0 Å². The first-order valence-corrected chi connectivity index (χ1v) is 16.9. The van der Waals surface area contributed by atoms with Gasteiger partial charge >= 0.3 is 0 Å². The van der Waals surface area contributed by atoms with Gasteiger partial charge in [0.05, 0.1) is 25.4 Å². The first kappa shape index (κ1) is 32.8. The zero-order valence-electron chi connectivity index (χ0n) is 26.4. The second-order valence-electron chi connectivity index (χ2n) is 15.9. The minimum Gasteiger partial charge on any atom is -0.394 e. The molecule has 19 atom stereocenters. The van der Waals surface area contributed by atoms with Gasteiger partial charge in [-0.3, -0.25) is 0 Å². The van der Waals surface area contributed by atoms with Crippen LogP contribution in [0.4, 0.5) is 0 Å². The minimum absolute atomic E-state index is 0.0271. The molecule has 4 saturated carbocycles. The maximum atomic E-state index is 11.8. The summed E-state index contributed by atoms with van der Waals surface area (Å²) in [6, 6.07) is 0. The highest BCUT2D eigenvalue weighted by Crippen LogP contribution is 2.72. The van der Waals surface area contributed by atoms with Crippen LogP contribution >= 0.6 is 0 Å². The van der Waals surface area contributed by atoms with E-state index >= 15 is 0 Å². The Hall–Kier alpha value is -0.740. The quantitative estimate of drug-likeness (QED) is 0.147. The Kier molecular flexibility index (Phi) is 7.93. The van der Waals surface area contributed by atoms with Gasteiger partial charge in [-0.2, -0.15) is 0 Å². The average molecular weight is 641 g/mol. The third-order valence-corrected chi connectivity index (χ3v) is 14.2. The lowest BCUT2D eigenvalue weighted by Crippen LogP contribution is -2.79. The molecular formula is C33H52O12. The molecule has 19 unspecified atom stereocenters. The molecule has 7 fully saturated rings. The fourth-order valence-corrected chi connectivity index (χ4v) is 11.8. The molecule has 4 aliphatic carbocycles. The molecule has 0 radical (unpaired) electrons. The predicted molar refractivity (Wildman–Crippen MR) is 156 cm³/mol. The number of ether oxygens (including phenoxy) is 4. The lowest BCUT2D eigenvalue weighted by Gasteiger charge is -2.68. The van der Waals surface area contributed by atoms with E-state index in [1.54, 1.807) is 6.92 Å². The number of aliphatic hydroxyl groups excluding tert-OH is 8. The molecule has 12 nitrogen and oxygen atoms in total. The lowest BCUT2D eigenvalue weighted by atomic mass is 9.41. The molecule has 3 saturated heterocycles. The maximum absolute atomic E-state index is 11.8. The van der Waals surface area contributed by atoms with Crippen LogP contribution in [0.15, 0.2) is 12.2 Å². The van der Waals surface area contributed by atoms with Gasteiger partial charge in [0.25, 0.3) is 0 Å². The lowest BCUT2D eigenvalue weighted by molar-refractivity contribution is -0.398. The van der Waals surface area contributed by atoms with Crippen molar-refractivity contribution in [3.63, 3.8) is 0 Å². The van der Waals surface area contributed by atoms with Gasteiger partial charge in [-0.1, -0.05) is 32.9 Å². The largest absolute Gasteiger partial charge is 0.394 e. The third kappa shape index (κ3) is 4.21. The summed E-state index contributed by atoms with van der Waals surface area (Å²) in [6.45, 7) is 10.3. The Morgan fingerprint density at radius 3 is 2.24 bits per heavy atom. The summed E-state index contributed by atoms with van der Waals surface area (Å²) in [7, 11) is 0. The molecule has 8 N–H and O–H groups in total. The normalized spacial score (nSPS) is 61.0. The van der Waals surface area contributed by atoms with Gasteiger partial charge < -0.3 is 59.8 Å². The van der Waals surface area contributed by atoms with E-state index in [1.165, 1.54) is 0 Å². The molecule has 3 heterocycles. The van der Waals surface area contributed by atoms with Crippen LogP contribution in [0.2, 0.25) is 0 Å². The zero-order valence-corrected chi connectivity index (χ0v) is 26.4. The summed E-state index contributed by atoms with van der Waals surface area (Å²) in [5, 5.41) is 87.1. The first-order valence-electron chi connectivity index (χ1n) is 16.9. The number of rotatable bonds is 3. The summed E-state index contributed by atoms with van der Waals surface area (Å²) in [5.74, 6) is -0.0339. The van der Waals surface area contributed by atoms with Crippen LogP contribution < -0.4 is 0 Å². The van der Waals surface area contributed by atoms with Gasteiger partial charge in [-0.05, 0) is 67.6 Å². The number of hydrogen-bond acceptors (Lipinski definition) is 12. The molecule has 45 heavy (non-hydrogen) atoms. The smallest absolute Gasteiger partial charge is 0.187 e. The van der Waals surface area contributed by atoms with Crippen LogP contribution in [0, 0.1) is 40.4 Å². The number of fused-ring (bicyclic) bond motifs is 7.